The molecule has 2 heterocycles. The van der Waals surface area contributed by atoms with E-state index in [2.05, 4.69) is 30.9 Å². The quantitative estimate of drug-likeness (QED) is 0.698. The summed E-state index contributed by atoms with van der Waals surface area (Å²) in [5, 5.41) is 0. The van der Waals surface area contributed by atoms with Crippen molar-refractivity contribution in [2.24, 2.45) is 0 Å². The zero-order chi connectivity index (χ0) is 15.7. The molecule has 1 aromatic carbocycles. The van der Waals surface area contributed by atoms with Crippen LogP contribution in [0.2, 0.25) is 0 Å². The van der Waals surface area contributed by atoms with Crippen LogP contribution in [-0.2, 0) is 6.18 Å². The van der Waals surface area contributed by atoms with Gasteiger partial charge in [-0.1, -0.05) is 12.1 Å². The van der Waals surface area contributed by atoms with Gasteiger partial charge in [0.05, 0.1) is 17.5 Å². The number of hydrogen-bond donors (Lipinski definition) is 1. The average Bonchev–Trinajstić information content (AvgIpc) is 2.96. The molecular weight excluding hydrogens is 359 g/mol. The van der Waals surface area contributed by atoms with Gasteiger partial charge in [-0.15, -0.1) is 0 Å². The molecule has 0 aliphatic heterocycles. The minimum absolute atomic E-state index is 0.427. The van der Waals surface area contributed by atoms with E-state index in [4.69, 9.17) is 0 Å². The highest BCUT2D eigenvalue weighted by atomic mass is 79.9. The van der Waals surface area contributed by atoms with Gasteiger partial charge in [-0.3, -0.25) is 4.98 Å². The molecule has 0 spiro atoms. The molecule has 0 bridgehead atoms. The van der Waals surface area contributed by atoms with Crippen LogP contribution in [0.4, 0.5) is 13.2 Å². The van der Waals surface area contributed by atoms with Gasteiger partial charge in [0.15, 0.2) is 0 Å². The second kappa shape index (κ2) is 5.57. The number of halogens is 4. The topological polar surface area (TPSA) is 41.6 Å². The molecule has 3 aromatic rings. The molecule has 3 nitrogen and oxygen atoms in total. The lowest BCUT2D eigenvalue weighted by Gasteiger charge is -2.07. The number of pyridine rings is 1. The lowest BCUT2D eigenvalue weighted by atomic mass is 10.1. The van der Waals surface area contributed by atoms with E-state index in [0.29, 0.717) is 17.1 Å². The molecule has 2 aromatic heterocycles. The van der Waals surface area contributed by atoms with E-state index >= 15 is 0 Å². The molecular formula is C15H9BrF3N3. The van der Waals surface area contributed by atoms with Crippen molar-refractivity contribution >= 4 is 15.9 Å². The highest BCUT2D eigenvalue weighted by molar-refractivity contribution is 9.10. The highest BCUT2D eigenvalue weighted by Gasteiger charge is 2.30. The Kier molecular flexibility index (Phi) is 3.74. The summed E-state index contributed by atoms with van der Waals surface area (Å²) in [5.41, 5.74) is 0.996. The van der Waals surface area contributed by atoms with Crippen LogP contribution in [-0.4, -0.2) is 15.0 Å². The van der Waals surface area contributed by atoms with Crippen LogP contribution >= 0.6 is 15.9 Å². The molecule has 22 heavy (non-hydrogen) atoms. The SMILES string of the molecule is FC(F)(F)c1cccc(-c2cnc(-c3cncc(Br)c3)[nH]2)c1. The van der Waals surface area contributed by atoms with Gasteiger partial charge in [-0.05, 0) is 34.1 Å². The third kappa shape index (κ3) is 3.04. The molecule has 7 heteroatoms. The third-order valence-electron chi connectivity index (χ3n) is 3.06. The van der Waals surface area contributed by atoms with Gasteiger partial charge < -0.3 is 4.98 Å². The summed E-state index contributed by atoms with van der Waals surface area (Å²) < 4.78 is 39.1. The number of rotatable bonds is 2. The van der Waals surface area contributed by atoms with E-state index < -0.39 is 11.7 Å². The fraction of sp³-hybridized carbons (Fsp3) is 0.0667. The van der Waals surface area contributed by atoms with Crippen molar-refractivity contribution < 1.29 is 13.2 Å². The van der Waals surface area contributed by atoms with E-state index in [1.165, 1.54) is 12.3 Å². The first kappa shape index (κ1) is 14.8. The number of aromatic nitrogens is 3. The maximum atomic E-state index is 12.8. The summed E-state index contributed by atoms with van der Waals surface area (Å²) in [5.74, 6) is 0.543. The van der Waals surface area contributed by atoms with Crippen molar-refractivity contribution in [1.29, 1.82) is 0 Å². The van der Waals surface area contributed by atoms with E-state index in [9.17, 15) is 13.2 Å². The Balaban J connectivity index is 1.98. The van der Waals surface area contributed by atoms with Crippen LogP contribution in [0.1, 0.15) is 5.56 Å². The summed E-state index contributed by atoms with van der Waals surface area (Å²) in [6, 6.07) is 6.93. The first-order valence-corrected chi connectivity index (χ1v) is 7.06. The second-order valence-electron chi connectivity index (χ2n) is 4.62. The molecule has 0 amide bonds. The van der Waals surface area contributed by atoms with Crippen molar-refractivity contribution in [2.45, 2.75) is 6.18 Å². The molecule has 112 valence electrons. The molecule has 0 fully saturated rings. The Morgan fingerprint density at radius 1 is 1.00 bits per heavy atom. The van der Waals surface area contributed by atoms with Crippen LogP contribution in [0.15, 0.2) is 53.4 Å². The predicted molar refractivity (Wildman–Crippen MR) is 80.0 cm³/mol. The smallest absolute Gasteiger partial charge is 0.338 e. The van der Waals surface area contributed by atoms with Crippen molar-refractivity contribution in [3.63, 3.8) is 0 Å². The molecule has 0 saturated carbocycles. The Morgan fingerprint density at radius 2 is 1.82 bits per heavy atom. The number of imidazole rings is 1. The number of alkyl halides is 3. The standard InChI is InChI=1S/C15H9BrF3N3/c16-12-5-10(6-20-7-12)14-21-8-13(22-14)9-2-1-3-11(4-9)15(17,18)19/h1-8H,(H,21,22). The molecule has 0 unspecified atom stereocenters. The zero-order valence-corrected chi connectivity index (χ0v) is 12.6. The Morgan fingerprint density at radius 3 is 2.55 bits per heavy atom. The molecule has 0 atom stereocenters. The lowest BCUT2D eigenvalue weighted by Crippen LogP contribution is -2.04. The predicted octanol–water partition coefficient (Wildman–Crippen LogP) is 4.92. The van der Waals surface area contributed by atoms with Crippen molar-refractivity contribution in [2.75, 3.05) is 0 Å². The number of nitrogens with one attached hydrogen (secondary N) is 1. The molecule has 0 saturated heterocycles. The van der Waals surface area contributed by atoms with Gasteiger partial charge in [-0.25, -0.2) is 4.98 Å². The van der Waals surface area contributed by atoms with Gasteiger partial charge in [0, 0.05) is 28.0 Å². The summed E-state index contributed by atoms with van der Waals surface area (Å²) in [7, 11) is 0. The van der Waals surface area contributed by atoms with E-state index in [0.717, 1.165) is 22.2 Å². The Labute approximate surface area is 132 Å². The van der Waals surface area contributed by atoms with Crippen LogP contribution in [0.3, 0.4) is 0 Å². The van der Waals surface area contributed by atoms with E-state index in [1.54, 1.807) is 18.5 Å². The summed E-state index contributed by atoms with van der Waals surface area (Å²) in [6.45, 7) is 0. The fourth-order valence-corrected chi connectivity index (χ4v) is 2.38. The Hall–Kier alpha value is -2.15. The molecule has 1 N–H and O–H groups in total. The maximum Gasteiger partial charge on any atom is 0.416 e. The van der Waals surface area contributed by atoms with Gasteiger partial charge in [0.1, 0.15) is 5.82 Å². The third-order valence-corrected chi connectivity index (χ3v) is 3.49. The first-order chi connectivity index (χ1) is 10.4. The van der Waals surface area contributed by atoms with Crippen LogP contribution in [0.25, 0.3) is 22.6 Å². The van der Waals surface area contributed by atoms with E-state index in [-0.39, 0.29) is 0 Å². The Bertz CT molecular complexity index is 812. The number of nitrogens with zero attached hydrogens (tertiary/aromatic N) is 2. The van der Waals surface area contributed by atoms with Gasteiger partial charge in [0.25, 0.3) is 0 Å². The van der Waals surface area contributed by atoms with Crippen LogP contribution in [0, 0.1) is 0 Å². The van der Waals surface area contributed by atoms with Gasteiger partial charge >= 0.3 is 6.18 Å². The average molecular weight is 368 g/mol. The minimum Gasteiger partial charge on any atom is -0.338 e. The number of H-pyrrole nitrogens is 1. The first-order valence-electron chi connectivity index (χ1n) is 6.27. The summed E-state index contributed by atoms with van der Waals surface area (Å²) in [6.07, 6.45) is 0.401. The van der Waals surface area contributed by atoms with Gasteiger partial charge in [0.2, 0.25) is 0 Å². The van der Waals surface area contributed by atoms with Crippen molar-refractivity contribution in [3.8, 4) is 22.6 Å². The van der Waals surface area contributed by atoms with Crippen LogP contribution in [0.5, 0.6) is 0 Å². The highest BCUT2D eigenvalue weighted by Crippen LogP contribution is 2.32. The normalized spacial score (nSPS) is 11.6. The zero-order valence-electron chi connectivity index (χ0n) is 11.0. The molecule has 0 aliphatic rings. The molecule has 3 rings (SSSR count). The largest absolute Gasteiger partial charge is 0.416 e. The lowest BCUT2D eigenvalue weighted by molar-refractivity contribution is -0.137. The fourth-order valence-electron chi connectivity index (χ4n) is 2.02. The number of aromatic amines is 1. The second-order valence-corrected chi connectivity index (χ2v) is 5.53. The summed E-state index contributed by atoms with van der Waals surface area (Å²) in [4.78, 5) is 11.2. The maximum absolute atomic E-state index is 12.8. The minimum atomic E-state index is -4.37. The molecule has 0 aliphatic carbocycles. The van der Waals surface area contributed by atoms with Crippen LogP contribution < -0.4 is 0 Å². The number of benzene rings is 1. The number of hydrogen-bond acceptors (Lipinski definition) is 2. The summed E-state index contributed by atoms with van der Waals surface area (Å²) >= 11 is 3.31. The monoisotopic (exact) mass is 367 g/mol. The molecule has 0 radical (unpaired) electrons. The van der Waals surface area contributed by atoms with Crippen molar-refractivity contribution in [3.05, 3.63) is 59.0 Å². The van der Waals surface area contributed by atoms with Crippen molar-refractivity contribution in [1.82, 2.24) is 15.0 Å². The van der Waals surface area contributed by atoms with Gasteiger partial charge in [-0.2, -0.15) is 13.2 Å². The van der Waals surface area contributed by atoms with E-state index in [1.807, 2.05) is 6.07 Å².